The number of sulfonamides is 1. The molecular formula is C18H22FN3O3S. The standard InChI is InChI=1S/C18H22FN3O3S/c1-13(23)21-16-7-9-17(10-8-16)26(24,25)20-12-18(22(2)3)14-5-4-6-15(19)11-14/h4-11,18,20H,12H2,1-3H3,(H,21,23)/t18-/m1/s1. The summed E-state index contributed by atoms with van der Waals surface area (Å²) < 4.78 is 41.0. The highest BCUT2D eigenvalue weighted by Crippen LogP contribution is 2.20. The van der Waals surface area contributed by atoms with Gasteiger partial charge in [-0.05, 0) is 56.1 Å². The first-order valence-electron chi connectivity index (χ1n) is 7.98. The van der Waals surface area contributed by atoms with Crippen LogP contribution in [-0.2, 0) is 14.8 Å². The smallest absolute Gasteiger partial charge is 0.240 e. The molecule has 0 aromatic heterocycles. The van der Waals surface area contributed by atoms with Gasteiger partial charge in [0.05, 0.1) is 4.90 Å². The Morgan fingerprint density at radius 1 is 1.15 bits per heavy atom. The van der Waals surface area contributed by atoms with E-state index in [0.29, 0.717) is 11.3 Å². The van der Waals surface area contributed by atoms with Crippen LogP contribution in [0.25, 0.3) is 0 Å². The Morgan fingerprint density at radius 3 is 2.35 bits per heavy atom. The Balaban J connectivity index is 2.13. The van der Waals surface area contributed by atoms with E-state index in [2.05, 4.69) is 10.0 Å². The molecule has 0 unspecified atom stereocenters. The van der Waals surface area contributed by atoms with Gasteiger partial charge >= 0.3 is 0 Å². The molecule has 0 heterocycles. The lowest BCUT2D eigenvalue weighted by atomic mass is 10.1. The fourth-order valence-electron chi connectivity index (χ4n) is 2.51. The van der Waals surface area contributed by atoms with Gasteiger partial charge in [0.1, 0.15) is 5.82 Å². The normalized spacial score (nSPS) is 12.8. The molecule has 0 bridgehead atoms. The summed E-state index contributed by atoms with van der Waals surface area (Å²) in [7, 11) is -0.140. The zero-order chi connectivity index (χ0) is 19.3. The number of carbonyl (C=O) groups is 1. The van der Waals surface area contributed by atoms with Crippen molar-refractivity contribution in [1.29, 1.82) is 0 Å². The topological polar surface area (TPSA) is 78.5 Å². The number of benzene rings is 2. The first kappa shape index (κ1) is 20.0. The van der Waals surface area contributed by atoms with Crippen molar-refractivity contribution in [3.05, 3.63) is 59.9 Å². The Hall–Kier alpha value is -2.29. The molecule has 140 valence electrons. The number of hydrogen-bond donors (Lipinski definition) is 2. The van der Waals surface area contributed by atoms with E-state index < -0.39 is 10.0 Å². The third-order valence-electron chi connectivity index (χ3n) is 3.81. The summed E-state index contributed by atoms with van der Waals surface area (Å²) in [6.07, 6.45) is 0. The summed E-state index contributed by atoms with van der Waals surface area (Å²) in [5, 5.41) is 2.58. The summed E-state index contributed by atoms with van der Waals surface area (Å²) in [6, 6.07) is 11.6. The second-order valence-electron chi connectivity index (χ2n) is 6.09. The van der Waals surface area contributed by atoms with Crippen LogP contribution in [0.3, 0.4) is 0 Å². The van der Waals surface area contributed by atoms with Crippen LogP contribution >= 0.6 is 0 Å². The van der Waals surface area contributed by atoms with E-state index in [0.717, 1.165) is 0 Å². The molecule has 0 spiro atoms. The molecule has 2 aromatic rings. The average molecular weight is 379 g/mol. The Kier molecular flexibility index (Phi) is 6.47. The molecule has 0 aliphatic heterocycles. The fourth-order valence-corrected chi connectivity index (χ4v) is 3.54. The molecule has 0 fully saturated rings. The van der Waals surface area contributed by atoms with Gasteiger partial charge in [-0.3, -0.25) is 4.79 Å². The van der Waals surface area contributed by atoms with Gasteiger partial charge in [-0.15, -0.1) is 0 Å². The number of rotatable bonds is 7. The van der Waals surface area contributed by atoms with Gasteiger partial charge < -0.3 is 10.2 Å². The van der Waals surface area contributed by atoms with Crippen LogP contribution in [0.2, 0.25) is 0 Å². The third kappa shape index (κ3) is 5.35. The molecule has 1 amide bonds. The first-order chi connectivity index (χ1) is 12.2. The SMILES string of the molecule is CC(=O)Nc1ccc(S(=O)(=O)NC[C@H](c2cccc(F)c2)N(C)C)cc1. The lowest BCUT2D eigenvalue weighted by Crippen LogP contribution is -2.34. The number of anilines is 1. The summed E-state index contributed by atoms with van der Waals surface area (Å²) in [5.41, 5.74) is 1.20. The van der Waals surface area contributed by atoms with E-state index in [4.69, 9.17) is 0 Å². The maximum atomic E-state index is 13.5. The highest BCUT2D eigenvalue weighted by molar-refractivity contribution is 7.89. The monoisotopic (exact) mass is 379 g/mol. The lowest BCUT2D eigenvalue weighted by Gasteiger charge is -2.25. The maximum absolute atomic E-state index is 13.5. The minimum Gasteiger partial charge on any atom is -0.326 e. The molecule has 0 aliphatic rings. The number of amides is 1. The van der Waals surface area contributed by atoms with Crippen LogP contribution < -0.4 is 10.0 Å². The van der Waals surface area contributed by atoms with Crippen LogP contribution in [0.15, 0.2) is 53.4 Å². The molecule has 26 heavy (non-hydrogen) atoms. The van der Waals surface area contributed by atoms with Crippen molar-refractivity contribution in [2.45, 2.75) is 17.9 Å². The largest absolute Gasteiger partial charge is 0.326 e. The van der Waals surface area contributed by atoms with Gasteiger partial charge in [-0.25, -0.2) is 17.5 Å². The molecule has 1 atom stereocenters. The van der Waals surface area contributed by atoms with Crippen LogP contribution in [0.5, 0.6) is 0 Å². The minimum absolute atomic E-state index is 0.0864. The van der Waals surface area contributed by atoms with Gasteiger partial charge in [0, 0.05) is 25.2 Å². The van der Waals surface area contributed by atoms with Gasteiger partial charge in [0.15, 0.2) is 0 Å². The fraction of sp³-hybridized carbons (Fsp3) is 0.278. The summed E-state index contributed by atoms with van der Waals surface area (Å²) >= 11 is 0. The predicted molar refractivity (Wildman–Crippen MR) is 98.8 cm³/mol. The highest BCUT2D eigenvalue weighted by Gasteiger charge is 2.20. The van der Waals surface area contributed by atoms with Gasteiger partial charge in [0.2, 0.25) is 15.9 Å². The molecule has 0 saturated carbocycles. The Bertz CT molecular complexity index is 868. The molecule has 6 nitrogen and oxygen atoms in total. The average Bonchev–Trinajstić information content (AvgIpc) is 2.54. The van der Waals surface area contributed by atoms with Crippen molar-refractivity contribution in [1.82, 2.24) is 9.62 Å². The number of nitrogens with one attached hydrogen (secondary N) is 2. The van der Waals surface area contributed by atoms with E-state index in [1.54, 1.807) is 26.2 Å². The van der Waals surface area contributed by atoms with Gasteiger partial charge in [-0.1, -0.05) is 12.1 Å². The van der Waals surface area contributed by atoms with Crippen molar-refractivity contribution >= 4 is 21.6 Å². The molecule has 2 aromatic carbocycles. The molecular weight excluding hydrogens is 357 g/mol. The van der Waals surface area contributed by atoms with Crippen LogP contribution in [0.4, 0.5) is 10.1 Å². The van der Waals surface area contributed by atoms with Crippen LogP contribution in [0.1, 0.15) is 18.5 Å². The highest BCUT2D eigenvalue weighted by atomic mass is 32.2. The molecule has 8 heteroatoms. The van der Waals surface area contributed by atoms with Crippen molar-refractivity contribution in [3.8, 4) is 0 Å². The number of halogens is 1. The van der Waals surface area contributed by atoms with E-state index in [-0.39, 0.29) is 29.2 Å². The van der Waals surface area contributed by atoms with E-state index in [1.165, 1.54) is 43.3 Å². The lowest BCUT2D eigenvalue weighted by molar-refractivity contribution is -0.114. The maximum Gasteiger partial charge on any atom is 0.240 e. The van der Waals surface area contributed by atoms with Gasteiger partial charge in [0.25, 0.3) is 0 Å². The zero-order valence-electron chi connectivity index (χ0n) is 14.9. The molecule has 2 rings (SSSR count). The first-order valence-corrected chi connectivity index (χ1v) is 9.46. The summed E-state index contributed by atoms with van der Waals surface area (Å²) in [5.74, 6) is -0.603. The van der Waals surface area contributed by atoms with Crippen molar-refractivity contribution in [2.24, 2.45) is 0 Å². The predicted octanol–water partition coefficient (Wildman–Crippen LogP) is 2.37. The zero-order valence-corrected chi connectivity index (χ0v) is 15.7. The van der Waals surface area contributed by atoms with Crippen LogP contribution in [0, 0.1) is 5.82 Å². The van der Waals surface area contributed by atoms with Gasteiger partial charge in [-0.2, -0.15) is 0 Å². The van der Waals surface area contributed by atoms with E-state index in [1.807, 2.05) is 4.90 Å². The quantitative estimate of drug-likeness (QED) is 0.774. The second-order valence-corrected chi connectivity index (χ2v) is 7.86. The summed E-state index contributed by atoms with van der Waals surface area (Å²) in [6.45, 7) is 1.46. The third-order valence-corrected chi connectivity index (χ3v) is 5.25. The van der Waals surface area contributed by atoms with E-state index in [9.17, 15) is 17.6 Å². The Labute approximate surface area is 153 Å². The molecule has 0 saturated heterocycles. The van der Waals surface area contributed by atoms with E-state index >= 15 is 0 Å². The van der Waals surface area contributed by atoms with Crippen molar-refractivity contribution in [2.75, 3.05) is 26.0 Å². The molecule has 0 radical (unpaired) electrons. The molecule has 0 aliphatic carbocycles. The van der Waals surface area contributed by atoms with Crippen LogP contribution in [-0.4, -0.2) is 39.9 Å². The van der Waals surface area contributed by atoms with Crippen molar-refractivity contribution < 1.29 is 17.6 Å². The second kappa shape index (κ2) is 8.39. The Morgan fingerprint density at radius 2 is 1.81 bits per heavy atom. The number of carbonyl (C=O) groups excluding carboxylic acids is 1. The number of likely N-dealkylation sites (N-methyl/N-ethyl adjacent to an activating group) is 1. The minimum atomic E-state index is -3.74. The van der Waals surface area contributed by atoms with Crippen molar-refractivity contribution in [3.63, 3.8) is 0 Å². The summed E-state index contributed by atoms with van der Waals surface area (Å²) in [4.78, 5) is 12.9. The number of hydrogen-bond acceptors (Lipinski definition) is 4. The number of nitrogens with zero attached hydrogens (tertiary/aromatic N) is 1. The molecule has 2 N–H and O–H groups in total.